The lowest BCUT2D eigenvalue weighted by Crippen LogP contribution is -2.30. The van der Waals surface area contributed by atoms with Crippen LogP contribution in [0.25, 0.3) is 32.9 Å². The highest BCUT2D eigenvalue weighted by atomic mass is 35.5. The molecule has 9 heteroatoms. The fourth-order valence-electron chi connectivity index (χ4n) is 4.04. The summed E-state index contributed by atoms with van der Waals surface area (Å²) >= 11 is 6.40. The Morgan fingerprint density at radius 2 is 2.13 bits per heavy atom. The van der Waals surface area contributed by atoms with E-state index in [9.17, 15) is 0 Å². The Labute approximate surface area is 183 Å². The molecule has 7 nitrogen and oxygen atoms in total. The van der Waals surface area contributed by atoms with Crippen LogP contribution < -0.4 is 10.5 Å². The van der Waals surface area contributed by atoms with Crippen molar-refractivity contribution < 1.29 is 9.13 Å². The molecule has 4 aromatic rings. The van der Waals surface area contributed by atoms with Crippen LogP contribution in [0.2, 0.25) is 5.02 Å². The summed E-state index contributed by atoms with van der Waals surface area (Å²) in [7, 11) is 2.05. The highest BCUT2D eigenvalue weighted by Gasteiger charge is 2.23. The van der Waals surface area contributed by atoms with Gasteiger partial charge >= 0.3 is 6.01 Å². The molecule has 0 spiro atoms. The summed E-state index contributed by atoms with van der Waals surface area (Å²) in [5, 5.41) is 2.28. The zero-order valence-electron chi connectivity index (χ0n) is 16.8. The topological polar surface area (TPSA) is 90.0 Å². The molecule has 2 N–H and O–H groups in total. The highest BCUT2D eigenvalue weighted by molar-refractivity contribution is 6.36. The number of nitrogens with two attached hydrogens (primary N) is 1. The molecule has 0 saturated carbocycles. The van der Waals surface area contributed by atoms with Crippen molar-refractivity contribution in [2.75, 3.05) is 25.9 Å². The first-order valence-corrected chi connectivity index (χ1v) is 10.4. The zero-order chi connectivity index (χ0) is 21.5. The third-order valence-electron chi connectivity index (χ3n) is 5.76. The van der Waals surface area contributed by atoms with Crippen LogP contribution in [0.3, 0.4) is 0 Å². The zero-order valence-corrected chi connectivity index (χ0v) is 17.6. The average molecular weight is 439 g/mol. The molecule has 1 saturated heterocycles. The number of nitrogen functional groups attached to an aromatic ring is 1. The second-order valence-electron chi connectivity index (χ2n) is 7.69. The van der Waals surface area contributed by atoms with Crippen molar-refractivity contribution in [2.45, 2.75) is 18.9 Å². The minimum atomic E-state index is -0.622. The molecular weight excluding hydrogens is 419 g/mol. The predicted octanol–water partition coefficient (Wildman–Crippen LogP) is 4.09. The van der Waals surface area contributed by atoms with Gasteiger partial charge in [0.05, 0.1) is 5.39 Å². The molecule has 158 valence electrons. The van der Waals surface area contributed by atoms with E-state index in [0.717, 1.165) is 24.8 Å². The summed E-state index contributed by atoms with van der Waals surface area (Å²) in [5.41, 5.74) is 6.69. The lowest BCUT2D eigenvalue weighted by Gasteiger charge is -2.19. The van der Waals surface area contributed by atoms with Crippen LogP contribution in [0.4, 0.5) is 10.2 Å². The monoisotopic (exact) mass is 438 g/mol. The van der Waals surface area contributed by atoms with Crippen LogP contribution in [-0.2, 0) is 0 Å². The molecule has 5 rings (SSSR count). The Hall–Kier alpha value is -3.10. The lowest BCUT2D eigenvalue weighted by atomic mass is 10.0. The van der Waals surface area contributed by atoms with Gasteiger partial charge in [-0.15, -0.1) is 0 Å². The van der Waals surface area contributed by atoms with Crippen LogP contribution in [0.15, 0.2) is 36.8 Å². The van der Waals surface area contributed by atoms with Gasteiger partial charge in [-0.05, 0) is 32.5 Å². The molecule has 4 heterocycles. The van der Waals surface area contributed by atoms with E-state index in [1.165, 1.54) is 6.20 Å². The number of aromatic nitrogens is 4. The van der Waals surface area contributed by atoms with E-state index < -0.39 is 5.82 Å². The number of hydrogen-bond donors (Lipinski definition) is 1. The molecule has 1 aliphatic heterocycles. The van der Waals surface area contributed by atoms with Crippen molar-refractivity contribution in [1.29, 1.82) is 0 Å². The molecule has 1 fully saturated rings. The Balaban J connectivity index is 1.59. The number of hydrogen-bond acceptors (Lipinski definition) is 7. The number of fused-ring (bicyclic) bond motifs is 2. The number of pyridine rings is 2. The van der Waals surface area contributed by atoms with Crippen LogP contribution in [0.5, 0.6) is 6.01 Å². The summed E-state index contributed by atoms with van der Waals surface area (Å²) in [5.74, 6) is -0.504. The first-order valence-electron chi connectivity index (χ1n) is 10.0. The van der Waals surface area contributed by atoms with E-state index in [1.54, 1.807) is 18.5 Å². The fourth-order valence-corrected chi connectivity index (χ4v) is 4.32. The van der Waals surface area contributed by atoms with E-state index in [-0.39, 0.29) is 29.1 Å². The summed E-state index contributed by atoms with van der Waals surface area (Å²) in [6.45, 7) is 1.45. The third-order valence-corrected chi connectivity index (χ3v) is 6.07. The molecule has 0 amide bonds. The Morgan fingerprint density at radius 3 is 2.94 bits per heavy atom. The molecule has 1 atom stereocenters. The number of likely N-dealkylation sites (tertiary alicyclic amines) is 1. The smallest absolute Gasteiger partial charge is 0.319 e. The number of anilines is 1. The van der Waals surface area contributed by atoms with Crippen molar-refractivity contribution in [1.82, 2.24) is 24.8 Å². The molecule has 1 aromatic carbocycles. The number of rotatable bonds is 4. The van der Waals surface area contributed by atoms with E-state index in [2.05, 4.69) is 31.9 Å². The van der Waals surface area contributed by atoms with Crippen molar-refractivity contribution in [3.05, 3.63) is 47.6 Å². The molecule has 3 aromatic heterocycles. The van der Waals surface area contributed by atoms with Crippen LogP contribution in [-0.4, -0.2) is 51.1 Å². The maximum absolute atomic E-state index is 15.6. The van der Waals surface area contributed by atoms with Gasteiger partial charge in [-0.3, -0.25) is 9.97 Å². The Morgan fingerprint density at radius 1 is 1.26 bits per heavy atom. The van der Waals surface area contributed by atoms with Crippen molar-refractivity contribution in [3.8, 4) is 17.3 Å². The maximum atomic E-state index is 15.6. The SMILES string of the molecule is CN1CCC[C@H]1COc1nc(N)c2cnc(-c3cncc4cccc(Cl)c34)c(F)c2n1. The van der Waals surface area contributed by atoms with E-state index in [1.807, 2.05) is 12.1 Å². The normalized spacial score (nSPS) is 16.9. The molecule has 0 unspecified atom stereocenters. The summed E-state index contributed by atoms with van der Waals surface area (Å²) in [4.78, 5) is 19.2. The van der Waals surface area contributed by atoms with E-state index >= 15 is 4.39 Å². The first kappa shape index (κ1) is 19.8. The third kappa shape index (κ3) is 3.51. The van der Waals surface area contributed by atoms with Gasteiger partial charge < -0.3 is 15.4 Å². The number of halogens is 2. The van der Waals surface area contributed by atoms with Crippen LogP contribution in [0.1, 0.15) is 12.8 Å². The quantitative estimate of drug-likeness (QED) is 0.513. The number of ether oxygens (including phenoxy) is 1. The predicted molar refractivity (Wildman–Crippen MR) is 119 cm³/mol. The fraction of sp³-hybridized carbons (Fsp3) is 0.273. The summed E-state index contributed by atoms with van der Waals surface area (Å²) < 4.78 is 21.4. The van der Waals surface area contributed by atoms with Gasteiger partial charge in [0.15, 0.2) is 5.82 Å². The first-order chi connectivity index (χ1) is 15.0. The molecular formula is C22H20ClFN6O. The molecule has 0 aliphatic carbocycles. The Bertz CT molecular complexity index is 1290. The van der Waals surface area contributed by atoms with Gasteiger partial charge in [-0.25, -0.2) is 4.39 Å². The molecule has 31 heavy (non-hydrogen) atoms. The summed E-state index contributed by atoms with van der Waals surface area (Å²) in [6, 6.07) is 5.76. The van der Waals surface area contributed by atoms with Gasteiger partial charge in [0.1, 0.15) is 23.6 Å². The highest BCUT2D eigenvalue weighted by Crippen LogP contribution is 2.35. The Kier molecular flexibility index (Phi) is 5.03. The second kappa shape index (κ2) is 7.86. The van der Waals surface area contributed by atoms with Gasteiger partial charge in [0, 0.05) is 46.0 Å². The standard InChI is InChI=1S/C22H20ClFN6O/c1-30-7-3-5-13(30)11-31-22-28-20-15(21(25)29-22)10-27-19(18(20)24)14-9-26-8-12-4-2-6-16(23)17(12)14/h2,4,6,8-10,13H,3,5,7,11H2,1H3,(H2,25,28,29)/t13-/m0/s1. The van der Waals surface area contributed by atoms with Crippen molar-refractivity contribution >= 4 is 39.1 Å². The van der Waals surface area contributed by atoms with Gasteiger partial charge in [-0.1, -0.05) is 23.7 Å². The number of benzene rings is 1. The van der Waals surface area contributed by atoms with Crippen LogP contribution in [0, 0.1) is 5.82 Å². The lowest BCUT2D eigenvalue weighted by molar-refractivity contribution is 0.188. The second-order valence-corrected chi connectivity index (χ2v) is 8.09. The number of likely N-dealkylation sites (N-methyl/N-ethyl adjacent to an activating group) is 1. The van der Waals surface area contributed by atoms with E-state index in [0.29, 0.717) is 28.0 Å². The molecule has 0 radical (unpaired) electrons. The van der Waals surface area contributed by atoms with Gasteiger partial charge in [0.2, 0.25) is 0 Å². The van der Waals surface area contributed by atoms with Crippen molar-refractivity contribution in [3.63, 3.8) is 0 Å². The van der Waals surface area contributed by atoms with Gasteiger partial charge in [-0.2, -0.15) is 9.97 Å². The number of nitrogens with zero attached hydrogens (tertiary/aromatic N) is 5. The largest absolute Gasteiger partial charge is 0.462 e. The summed E-state index contributed by atoms with van der Waals surface area (Å²) in [6.07, 6.45) is 6.85. The molecule has 0 bridgehead atoms. The minimum absolute atomic E-state index is 0.0513. The molecule has 1 aliphatic rings. The minimum Gasteiger partial charge on any atom is -0.462 e. The van der Waals surface area contributed by atoms with Crippen molar-refractivity contribution in [2.24, 2.45) is 0 Å². The van der Waals surface area contributed by atoms with Crippen LogP contribution >= 0.6 is 11.6 Å². The van der Waals surface area contributed by atoms with E-state index in [4.69, 9.17) is 22.1 Å². The maximum Gasteiger partial charge on any atom is 0.319 e. The average Bonchev–Trinajstić information content (AvgIpc) is 3.18. The van der Waals surface area contributed by atoms with Gasteiger partial charge in [0.25, 0.3) is 0 Å².